The summed E-state index contributed by atoms with van der Waals surface area (Å²) in [5, 5.41) is 5.72. The lowest BCUT2D eigenvalue weighted by molar-refractivity contribution is -0.116. The minimum atomic E-state index is 0.0278. The van der Waals surface area contributed by atoms with Gasteiger partial charge in [0.2, 0.25) is 0 Å². The third-order valence-corrected chi connectivity index (χ3v) is 3.32. The Kier molecular flexibility index (Phi) is 3.65. The second kappa shape index (κ2) is 5.75. The molecule has 3 heteroatoms. The van der Waals surface area contributed by atoms with Crippen LogP contribution in [0.2, 0.25) is 0 Å². The van der Waals surface area contributed by atoms with Crippen molar-refractivity contribution in [1.82, 2.24) is 0 Å². The fourth-order valence-electron chi connectivity index (χ4n) is 2.24. The first-order valence-electron chi connectivity index (χ1n) is 6.92. The normalized spacial score (nSPS) is 14.8. The minimum Gasteiger partial charge on any atom is -0.272 e. The zero-order valence-electron chi connectivity index (χ0n) is 11.9. The molecule has 2 aromatic carbocycles. The molecule has 0 saturated heterocycles. The summed E-state index contributed by atoms with van der Waals surface area (Å²) >= 11 is 0. The summed E-state index contributed by atoms with van der Waals surface area (Å²) in [7, 11) is 0. The molecular weight excluding hydrogens is 260 g/mol. The van der Waals surface area contributed by atoms with E-state index in [2.05, 4.69) is 29.4 Å². The summed E-state index contributed by atoms with van der Waals surface area (Å²) < 4.78 is 0. The molecule has 0 saturated carbocycles. The lowest BCUT2D eigenvalue weighted by Crippen LogP contribution is -2.19. The van der Waals surface area contributed by atoms with Gasteiger partial charge < -0.3 is 0 Å². The maximum absolute atomic E-state index is 11.8. The summed E-state index contributed by atoms with van der Waals surface area (Å²) in [6.45, 7) is 1.87. The zero-order valence-corrected chi connectivity index (χ0v) is 11.9. The van der Waals surface area contributed by atoms with Crippen molar-refractivity contribution in [2.75, 3.05) is 5.01 Å². The van der Waals surface area contributed by atoms with Gasteiger partial charge in [0.15, 0.2) is 0 Å². The number of carbonyl (C=O) groups is 1. The zero-order chi connectivity index (χ0) is 14.7. The summed E-state index contributed by atoms with van der Waals surface area (Å²) in [6, 6.07) is 18.0. The van der Waals surface area contributed by atoms with Gasteiger partial charge in [-0.1, -0.05) is 54.6 Å². The van der Waals surface area contributed by atoms with Gasteiger partial charge in [0, 0.05) is 5.71 Å². The average Bonchev–Trinajstić information content (AvgIpc) is 2.85. The number of nitrogens with zero attached hydrogens (tertiary/aromatic N) is 2. The Morgan fingerprint density at radius 2 is 1.57 bits per heavy atom. The van der Waals surface area contributed by atoms with Gasteiger partial charge in [-0.2, -0.15) is 5.10 Å². The standard InChI is InChI=1S/C18H16N2O/c1-14-13-18(21)20(19-14)17-11-9-16(10-12-17)8-7-15-5-3-2-4-6-15/h2-12H,13H2,1H3/b8-7+. The third kappa shape index (κ3) is 3.08. The molecular formula is C18H16N2O. The lowest BCUT2D eigenvalue weighted by Gasteiger charge is -2.11. The lowest BCUT2D eigenvalue weighted by atomic mass is 10.1. The van der Waals surface area contributed by atoms with Crippen LogP contribution in [0.5, 0.6) is 0 Å². The van der Waals surface area contributed by atoms with E-state index in [1.165, 1.54) is 5.01 Å². The summed E-state index contributed by atoms with van der Waals surface area (Å²) in [6.07, 6.45) is 4.54. The highest BCUT2D eigenvalue weighted by Crippen LogP contribution is 2.21. The van der Waals surface area contributed by atoms with Crippen molar-refractivity contribution >= 4 is 29.5 Å². The molecule has 21 heavy (non-hydrogen) atoms. The van der Waals surface area contributed by atoms with E-state index in [0.717, 1.165) is 22.5 Å². The number of anilines is 1. The Hall–Kier alpha value is -2.68. The van der Waals surface area contributed by atoms with Gasteiger partial charge in [-0.05, 0) is 30.2 Å². The molecule has 1 amide bonds. The van der Waals surface area contributed by atoms with Gasteiger partial charge in [-0.25, -0.2) is 5.01 Å². The van der Waals surface area contributed by atoms with Crippen LogP contribution < -0.4 is 5.01 Å². The largest absolute Gasteiger partial charge is 0.272 e. The number of rotatable bonds is 3. The fourth-order valence-corrected chi connectivity index (χ4v) is 2.24. The average molecular weight is 276 g/mol. The highest BCUT2D eigenvalue weighted by Gasteiger charge is 2.22. The molecule has 0 aliphatic carbocycles. The maximum atomic E-state index is 11.8. The SMILES string of the molecule is CC1=NN(c2ccc(/C=C/c3ccccc3)cc2)C(=O)C1. The number of hydrogen-bond donors (Lipinski definition) is 0. The van der Waals surface area contributed by atoms with E-state index in [1.54, 1.807) is 0 Å². The van der Waals surface area contributed by atoms with E-state index in [0.29, 0.717) is 6.42 Å². The van der Waals surface area contributed by atoms with Crippen LogP contribution >= 0.6 is 0 Å². The van der Waals surface area contributed by atoms with E-state index in [4.69, 9.17) is 0 Å². The fraction of sp³-hybridized carbons (Fsp3) is 0.111. The van der Waals surface area contributed by atoms with Crippen LogP contribution in [0.4, 0.5) is 5.69 Å². The Morgan fingerprint density at radius 3 is 2.14 bits per heavy atom. The molecule has 1 aliphatic heterocycles. The second-order valence-corrected chi connectivity index (χ2v) is 5.05. The van der Waals surface area contributed by atoms with Crippen LogP contribution in [-0.2, 0) is 4.79 Å². The van der Waals surface area contributed by atoms with Crippen molar-refractivity contribution in [3.8, 4) is 0 Å². The Balaban J connectivity index is 1.76. The predicted octanol–water partition coefficient (Wildman–Crippen LogP) is 3.97. The molecule has 1 heterocycles. The Bertz CT molecular complexity index is 700. The Labute approximate surface area is 124 Å². The number of hydrogen-bond acceptors (Lipinski definition) is 2. The van der Waals surface area contributed by atoms with Gasteiger partial charge in [0.25, 0.3) is 5.91 Å². The number of hydrazone groups is 1. The molecule has 0 radical (unpaired) electrons. The first-order chi connectivity index (χ1) is 10.2. The van der Waals surface area contributed by atoms with Gasteiger partial charge in [-0.15, -0.1) is 0 Å². The molecule has 0 atom stereocenters. The van der Waals surface area contributed by atoms with Crippen LogP contribution in [0, 0.1) is 0 Å². The van der Waals surface area contributed by atoms with Crippen molar-refractivity contribution in [2.45, 2.75) is 13.3 Å². The number of carbonyl (C=O) groups excluding carboxylic acids is 1. The van der Waals surface area contributed by atoms with E-state index >= 15 is 0 Å². The van der Waals surface area contributed by atoms with E-state index in [9.17, 15) is 4.79 Å². The Morgan fingerprint density at radius 1 is 0.952 bits per heavy atom. The summed E-state index contributed by atoms with van der Waals surface area (Å²) in [5.41, 5.74) is 3.92. The van der Waals surface area contributed by atoms with Crippen LogP contribution in [0.1, 0.15) is 24.5 Å². The van der Waals surface area contributed by atoms with Gasteiger partial charge in [0.05, 0.1) is 12.1 Å². The molecule has 0 fully saturated rings. The van der Waals surface area contributed by atoms with E-state index in [-0.39, 0.29) is 5.91 Å². The van der Waals surface area contributed by atoms with E-state index in [1.807, 2.05) is 49.4 Å². The van der Waals surface area contributed by atoms with Crippen LogP contribution in [-0.4, -0.2) is 11.6 Å². The van der Waals surface area contributed by atoms with Crippen LogP contribution in [0.3, 0.4) is 0 Å². The van der Waals surface area contributed by atoms with Crippen molar-refractivity contribution < 1.29 is 4.79 Å². The second-order valence-electron chi connectivity index (χ2n) is 5.05. The van der Waals surface area contributed by atoms with Crippen molar-refractivity contribution in [3.63, 3.8) is 0 Å². The van der Waals surface area contributed by atoms with Crippen molar-refractivity contribution in [1.29, 1.82) is 0 Å². The van der Waals surface area contributed by atoms with Crippen molar-refractivity contribution in [3.05, 3.63) is 65.7 Å². The third-order valence-electron chi connectivity index (χ3n) is 3.32. The maximum Gasteiger partial charge on any atom is 0.253 e. The van der Waals surface area contributed by atoms with Gasteiger partial charge >= 0.3 is 0 Å². The summed E-state index contributed by atoms with van der Waals surface area (Å²) in [5.74, 6) is 0.0278. The topological polar surface area (TPSA) is 32.7 Å². The minimum absolute atomic E-state index is 0.0278. The smallest absolute Gasteiger partial charge is 0.253 e. The molecule has 3 nitrogen and oxygen atoms in total. The number of amides is 1. The molecule has 0 aromatic heterocycles. The highest BCUT2D eigenvalue weighted by molar-refractivity contribution is 6.12. The predicted molar refractivity (Wildman–Crippen MR) is 87.0 cm³/mol. The van der Waals surface area contributed by atoms with E-state index < -0.39 is 0 Å². The quantitative estimate of drug-likeness (QED) is 0.781. The first-order valence-corrected chi connectivity index (χ1v) is 6.92. The first kappa shape index (κ1) is 13.3. The van der Waals surface area contributed by atoms with Crippen molar-refractivity contribution in [2.24, 2.45) is 5.10 Å². The summed E-state index contributed by atoms with van der Waals surface area (Å²) in [4.78, 5) is 11.8. The molecule has 0 spiro atoms. The molecule has 0 N–H and O–H groups in total. The van der Waals surface area contributed by atoms with Crippen LogP contribution in [0.25, 0.3) is 12.2 Å². The molecule has 0 bridgehead atoms. The highest BCUT2D eigenvalue weighted by atomic mass is 16.2. The molecule has 1 aliphatic rings. The molecule has 2 aromatic rings. The molecule has 3 rings (SSSR count). The number of benzene rings is 2. The van der Waals surface area contributed by atoms with Gasteiger partial charge in [0.1, 0.15) is 0 Å². The molecule has 0 unspecified atom stereocenters. The van der Waals surface area contributed by atoms with Crippen LogP contribution in [0.15, 0.2) is 59.7 Å². The van der Waals surface area contributed by atoms with Gasteiger partial charge in [-0.3, -0.25) is 4.79 Å². The molecule has 104 valence electrons. The monoisotopic (exact) mass is 276 g/mol.